The molecule has 5 nitrogen and oxygen atoms in total. The third-order valence-electron chi connectivity index (χ3n) is 4.65. The Morgan fingerprint density at radius 3 is 2.17 bits per heavy atom. The SMILES string of the molecule is CCC1(CC)NC(=O)N2C1=NC(=N)C2(CC)CC. The number of amidine groups is 2. The normalized spacial score (nSPS) is 24.0. The molecule has 5 heteroatoms. The number of nitrogens with zero attached hydrogens (tertiary/aromatic N) is 2. The van der Waals surface area contributed by atoms with Crippen LogP contribution in [0.3, 0.4) is 0 Å². The van der Waals surface area contributed by atoms with Crippen LogP contribution in [0.15, 0.2) is 4.99 Å². The molecular formula is C13H22N4O. The quantitative estimate of drug-likeness (QED) is 0.791. The molecule has 0 bridgehead atoms. The van der Waals surface area contributed by atoms with E-state index in [-0.39, 0.29) is 11.6 Å². The molecular weight excluding hydrogens is 228 g/mol. The Hall–Kier alpha value is -1.39. The summed E-state index contributed by atoms with van der Waals surface area (Å²) in [6, 6.07) is -0.0941. The van der Waals surface area contributed by atoms with Crippen molar-refractivity contribution in [1.29, 1.82) is 5.41 Å². The first-order valence-corrected chi connectivity index (χ1v) is 6.81. The van der Waals surface area contributed by atoms with Crippen LogP contribution >= 0.6 is 0 Å². The summed E-state index contributed by atoms with van der Waals surface area (Å²) in [6.45, 7) is 8.14. The third-order valence-corrected chi connectivity index (χ3v) is 4.65. The minimum Gasteiger partial charge on any atom is -0.325 e. The predicted octanol–water partition coefficient (Wildman–Crippen LogP) is 2.52. The van der Waals surface area contributed by atoms with Gasteiger partial charge in [0, 0.05) is 0 Å². The van der Waals surface area contributed by atoms with Crippen LogP contribution in [0.25, 0.3) is 0 Å². The van der Waals surface area contributed by atoms with Gasteiger partial charge >= 0.3 is 6.03 Å². The van der Waals surface area contributed by atoms with Crippen molar-refractivity contribution in [2.75, 3.05) is 0 Å². The maximum Gasteiger partial charge on any atom is 0.324 e. The monoisotopic (exact) mass is 250 g/mol. The van der Waals surface area contributed by atoms with Crippen LogP contribution in [0.4, 0.5) is 4.79 Å². The highest BCUT2D eigenvalue weighted by molar-refractivity contribution is 6.21. The Kier molecular flexibility index (Phi) is 2.95. The molecule has 0 unspecified atom stereocenters. The number of aliphatic imine (C=N–C) groups is 1. The number of urea groups is 1. The van der Waals surface area contributed by atoms with Crippen LogP contribution in [0.1, 0.15) is 53.4 Å². The molecule has 1 saturated heterocycles. The zero-order valence-corrected chi connectivity index (χ0v) is 11.6. The van der Waals surface area contributed by atoms with Gasteiger partial charge in [-0.1, -0.05) is 27.7 Å². The highest BCUT2D eigenvalue weighted by Gasteiger charge is 2.58. The molecule has 2 amide bonds. The lowest BCUT2D eigenvalue weighted by atomic mass is 9.89. The number of carbonyl (C=O) groups is 1. The van der Waals surface area contributed by atoms with E-state index in [0.717, 1.165) is 31.5 Å². The van der Waals surface area contributed by atoms with Gasteiger partial charge in [-0.3, -0.25) is 10.3 Å². The Balaban J connectivity index is 2.53. The Labute approximate surface area is 108 Å². The Morgan fingerprint density at radius 2 is 1.72 bits per heavy atom. The van der Waals surface area contributed by atoms with Crippen LogP contribution in [0.5, 0.6) is 0 Å². The number of hydrogen-bond donors (Lipinski definition) is 2. The molecule has 2 heterocycles. The van der Waals surface area contributed by atoms with Gasteiger partial charge in [-0.15, -0.1) is 0 Å². The van der Waals surface area contributed by atoms with Gasteiger partial charge in [-0.2, -0.15) is 0 Å². The fourth-order valence-corrected chi connectivity index (χ4v) is 3.14. The van der Waals surface area contributed by atoms with Gasteiger partial charge in [0.25, 0.3) is 0 Å². The third kappa shape index (κ3) is 1.30. The molecule has 0 aromatic carbocycles. The predicted molar refractivity (Wildman–Crippen MR) is 72.2 cm³/mol. The molecule has 0 atom stereocenters. The van der Waals surface area contributed by atoms with Crippen LogP contribution in [0.2, 0.25) is 0 Å². The van der Waals surface area contributed by atoms with Crippen molar-refractivity contribution >= 4 is 17.7 Å². The van der Waals surface area contributed by atoms with E-state index in [9.17, 15) is 4.79 Å². The molecule has 0 aliphatic carbocycles. The van der Waals surface area contributed by atoms with E-state index in [4.69, 9.17) is 5.41 Å². The van der Waals surface area contributed by atoms with Crippen LogP contribution in [-0.4, -0.2) is 33.7 Å². The number of carbonyl (C=O) groups excluding carboxylic acids is 1. The lowest BCUT2D eigenvalue weighted by molar-refractivity contribution is 0.201. The van der Waals surface area contributed by atoms with Gasteiger partial charge < -0.3 is 5.32 Å². The minimum atomic E-state index is -0.536. The Bertz CT molecular complexity index is 419. The fraction of sp³-hybridized carbons (Fsp3) is 0.769. The average Bonchev–Trinajstić information content (AvgIpc) is 2.83. The molecule has 100 valence electrons. The van der Waals surface area contributed by atoms with Gasteiger partial charge in [-0.05, 0) is 25.7 Å². The summed E-state index contributed by atoms with van der Waals surface area (Å²) in [6.07, 6.45) is 3.07. The summed E-state index contributed by atoms with van der Waals surface area (Å²) in [5.41, 5.74) is -0.916. The van der Waals surface area contributed by atoms with Gasteiger partial charge in [0.1, 0.15) is 17.2 Å². The zero-order chi connectivity index (χ0) is 13.6. The first-order valence-electron chi connectivity index (χ1n) is 6.81. The molecule has 2 aliphatic heterocycles. The van der Waals surface area contributed by atoms with E-state index in [1.165, 1.54) is 0 Å². The van der Waals surface area contributed by atoms with E-state index >= 15 is 0 Å². The first kappa shape index (κ1) is 13.1. The van der Waals surface area contributed by atoms with Crippen molar-refractivity contribution in [1.82, 2.24) is 10.2 Å². The average molecular weight is 250 g/mol. The second-order valence-corrected chi connectivity index (χ2v) is 5.08. The van der Waals surface area contributed by atoms with E-state index in [1.807, 2.05) is 13.8 Å². The van der Waals surface area contributed by atoms with Crippen molar-refractivity contribution in [3.63, 3.8) is 0 Å². The van der Waals surface area contributed by atoms with Crippen LogP contribution in [-0.2, 0) is 0 Å². The van der Waals surface area contributed by atoms with Crippen molar-refractivity contribution in [3.8, 4) is 0 Å². The maximum atomic E-state index is 12.3. The molecule has 0 aromatic rings. The summed E-state index contributed by atoms with van der Waals surface area (Å²) in [5, 5.41) is 11.2. The molecule has 0 radical (unpaired) electrons. The lowest BCUT2D eigenvalue weighted by Crippen LogP contribution is -2.51. The fourth-order valence-electron chi connectivity index (χ4n) is 3.14. The number of hydrogen-bond acceptors (Lipinski definition) is 2. The summed E-state index contributed by atoms with van der Waals surface area (Å²) in [4.78, 5) is 18.5. The molecule has 0 saturated carbocycles. The minimum absolute atomic E-state index is 0.0941. The highest BCUT2D eigenvalue weighted by atomic mass is 16.2. The van der Waals surface area contributed by atoms with Gasteiger partial charge in [0.15, 0.2) is 0 Å². The van der Waals surface area contributed by atoms with Gasteiger partial charge in [-0.25, -0.2) is 9.79 Å². The highest BCUT2D eigenvalue weighted by Crippen LogP contribution is 2.40. The van der Waals surface area contributed by atoms with Crippen LogP contribution < -0.4 is 5.32 Å². The molecule has 18 heavy (non-hydrogen) atoms. The largest absolute Gasteiger partial charge is 0.325 e. The van der Waals surface area contributed by atoms with Crippen LogP contribution in [0, 0.1) is 5.41 Å². The smallest absolute Gasteiger partial charge is 0.324 e. The molecule has 2 rings (SSSR count). The molecule has 1 fully saturated rings. The first-order chi connectivity index (χ1) is 8.51. The number of fused-ring (bicyclic) bond motifs is 1. The summed E-state index contributed by atoms with van der Waals surface area (Å²) < 4.78 is 0. The standard InChI is InChI=1S/C13H22N4O/c1-5-12(6-2)10-15-9(14)13(7-3,8-4)17(10)11(18)16-12/h14H,5-8H2,1-4H3,(H,16,18). The zero-order valence-electron chi connectivity index (χ0n) is 11.6. The van der Waals surface area contributed by atoms with Crippen molar-refractivity contribution in [2.24, 2.45) is 4.99 Å². The van der Waals surface area contributed by atoms with Gasteiger partial charge in [0.2, 0.25) is 0 Å². The number of amides is 2. The summed E-state index contributed by atoms with van der Waals surface area (Å²) in [5.74, 6) is 1.09. The molecule has 2 N–H and O–H groups in total. The second-order valence-electron chi connectivity index (χ2n) is 5.08. The number of rotatable bonds is 4. The molecule has 2 aliphatic rings. The second kappa shape index (κ2) is 4.07. The lowest BCUT2D eigenvalue weighted by Gasteiger charge is -2.33. The van der Waals surface area contributed by atoms with E-state index in [1.54, 1.807) is 4.90 Å². The van der Waals surface area contributed by atoms with Crippen molar-refractivity contribution in [2.45, 2.75) is 64.5 Å². The molecule has 0 aromatic heterocycles. The summed E-state index contributed by atoms with van der Waals surface area (Å²) >= 11 is 0. The molecule has 0 spiro atoms. The van der Waals surface area contributed by atoms with E-state index < -0.39 is 5.54 Å². The number of nitrogens with one attached hydrogen (secondary N) is 2. The maximum absolute atomic E-state index is 12.3. The Morgan fingerprint density at radius 1 is 1.17 bits per heavy atom. The topological polar surface area (TPSA) is 68.6 Å². The van der Waals surface area contributed by atoms with Crippen molar-refractivity contribution < 1.29 is 4.79 Å². The summed E-state index contributed by atoms with van der Waals surface area (Å²) in [7, 11) is 0. The van der Waals surface area contributed by atoms with E-state index in [2.05, 4.69) is 24.2 Å². The van der Waals surface area contributed by atoms with Crippen molar-refractivity contribution in [3.05, 3.63) is 0 Å². The van der Waals surface area contributed by atoms with Gasteiger partial charge in [0.05, 0.1) is 5.54 Å². The van der Waals surface area contributed by atoms with E-state index in [0.29, 0.717) is 5.84 Å².